The summed E-state index contributed by atoms with van der Waals surface area (Å²) in [6, 6.07) is 10.7. The molecule has 1 aliphatic heterocycles. The summed E-state index contributed by atoms with van der Waals surface area (Å²) < 4.78 is 0. The van der Waals surface area contributed by atoms with Gasteiger partial charge in [-0.05, 0) is 48.9 Å². The highest BCUT2D eigenvalue weighted by atomic mass is 15.1. The zero-order chi connectivity index (χ0) is 13.9. The molecule has 0 radical (unpaired) electrons. The maximum absolute atomic E-state index is 4.46. The fraction of sp³-hybridized carbons (Fsp3) is 0.500. The Bertz CT molecular complexity index is 571. The second-order valence-corrected chi connectivity index (χ2v) is 6.37. The molecule has 0 amide bonds. The second kappa shape index (κ2) is 5.92. The van der Waals surface area contributed by atoms with E-state index in [9.17, 15) is 0 Å². The van der Waals surface area contributed by atoms with E-state index in [-0.39, 0.29) is 0 Å². The predicted molar refractivity (Wildman–Crippen MR) is 84.6 cm³/mol. The van der Waals surface area contributed by atoms with Crippen molar-refractivity contribution < 1.29 is 0 Å². The number of hydrogen-bond donors (Lipinski definition) is 0. The minimum atomic E-state index is 0.798. The van der Waals surface area contributed by atoms with Gasteiger partial charge in [-0.15, -0.1) is 0 Å². The highest BCUT2D eigenvalue weighted by molar-refractivity contribution is 5.81. The molecular formula is C18H24N2. The van der Waals surface area contributed by atoms with Crippen LogP contribution < -0.4 is 0 Å². The van der Waals surface area contributed by atoms with Gasteiger partial charge >= 0.3 is 0 Å². The van der Waals surface area contributed by atoms with Crippen LogP contribution in [0.3, 0.4) is 0 Å². The molecule has 1 aliphatic rings. The van der Waals surface area contributed by atoms with E-state index < -0.39 is 0 Å². The van der Waals surface area contributed by atoms with Gasteiger partial charge < -0.3 is 0 Å². The van der Waals surface area contributed by atoms with Crippen LogP contribution in [0.1, 0.15) is 32.3 Å². The van der Waals surface area contributed by atoms with E-state index in [4.69, 9.17) is 0 Å². The van der Waals surface area contributed by atoms with Gasteiger partial charge in [0.15, 0.2) is 0 Å². The average molecular weight is 268 g/mol. The monoisotopic (exact) mass is 268 g/mol. The zero-order valence-electron chi connectivity index (χ0n) is 12.5. The van der Waals surface area contributed by atoms with Gasteiger partial charge in [-0.3, -0.25) is 9.88 Å². The molecule has 2 heteroatoms. The number of nitrogens with zero attached hydrogens (tertiary/aromatic N) is 2. The van der Waals surface area contributed by atoms with E-state index >= 15 is 0 Å². The molecule has 1 fully saturated rings. The van der Waals surface area contributed by atoms with Crippen molar-refractivity contribution in [2.24, 2.45) is 11.8 Å². The van der Waals surface area contributed by atoms with Gasteiger partial charge in [0.25, 0.3) is 0 Å². The molecule has 0 aliphatic carbocycles. The van der Waals surface area contributed by atoms with Crippen LogP contribution in [-0.2, 0) is 6.54 Å². The van der Waals surface area contributed by atoms with Crippen LogP contribution in [-0.4, -0.2) is 23.0 Å². The fourth-order valence-corrected chi connectivity index (χ4v) is 3.32. The predicted octanol–water partition coefficient (Wildman–Crippen LogP) is 4.10. The quantitative estimate of drug-likeness (QED) is 0.833. The van der Waals surface area contributed by atoms with E-state index in [2.05, 4.69) is 48.0 Å². The molecular weight excluding hydrogens is 244 g/mol. The standard InChI is InChI=1S/C18H24N2/c1-14(2)15-7-5-11-20(12-15)13-16-6-3-9-18-17(16)8-4-10-19-18/h3-4,6,8-10,14-15H,5,7,11-13H2,1-2H3/t15-/m1/s1. The van der Waals surface area contributed by atoms with Gasteiger partial charge in [0.2, 0.25) is 0 Å². The topological polar surface area (TPSA) is 16.1 Å². The van der Waals surface area contributed by atoms with E-state index in [1.807, 2.05) is 12.3 Å². The molecule has 20 heavy (non-hydrogen) atoms. The molecule has 0 unspecified atom stereocenters. The first-order chi connectivity index (χ1) is 9.74. The summed E-state index contributed by atoms with van der Waals surface area (Å²) >= 11 is 0. The number of fused-ring (bicyclic) bond motifs is 1. The van der Waals surface area contributed by atoms with Crippen LogP contribution in [0.2, 0.25) is 0 Å². The third kappa shape index (κ3) is 2.85. The van der Waals surface area contributed by atoms with Crippen molar-refractivity contribution in [2.45, 2.75) is 33.2 Å². The van der Waals surface area contributed by atoms with Crippen molar-refractivity contribution in [2.75, 3.05) is 13.1 Å². The third-order valence-corrected chi connectivity index (χ3v) is 4.61. The number of hydrogen-bond acceptors (Lipinski definition) is 2. The number of piperidine rings is 1. The van der Waals surface area contributed by atoms with Crippen LogP contribution in [0.15, 0.2) is 36.5 Å². The maximum Gasteiger partial charge on any atom is 0.0705 e. The number of pyridine rings is 1. The van der Waals surface area contributed by atoms with Crippen molar-refractivity contribution in [3.05, 3.63) is 42.1 Å². The van der Waals surface area contributed by atoms with E-state index in [0.29, 0.717) is 0 Å². The Morgan fingerprint density at radius 3 is 3.00 bits per heavy atom. The molecule has 2 nitrogen and oxygen atoms in total. The number of aromatic nitrogens is 1. The summed E-state index contributed by atoms with van der Waals surface area (Å²) in [4.78, 5) is 7.08. The number of rotatable bonds is 3. The molecule has 0 bridgehead atoms. The summed E-state index contributed by atoms with van der Waals surface area (Å²) in [7, 11) is 0. The molecule has 1 atom stereocenters. The van der Waals surface area contributed by atoms with Gasteiger partial charge in [0, 0.05) is 24.7 Å². The molecule has 0 N–H and O–H groups in total. The normalized spacial score (nSPS) is 20.6. The van der Waals surface area contributed by atoms with Gasteiger partial charge in [0.05, 0.1) is 5.52 Å². The Labute approximate surface area is 121 Å². The lowest BCUT2D eigenvalue weighted by Crippen LogP contribution is -2.36. The second-order valence-electron chi connectivity index (χ2n) is 6.37. The first-order valence-electron chi connectivity index (χ1n) is 7.79. The van der Waals surface area contributed by atoms with E-state index in [1.165, 1.54) is 36.9 Å². The Balaban J connectivity index is 1.79. The summed E-state index contributed by atoms with van der Waals surface area (Å²) in [5.41, 5.74) is 2.53. The smallest absolute Gasteiger partial charge is 0.0705 e. The fourth-order valence-electron chi connectivity index (χ4n) is 3.32. The highest BCUT2D eigenvalue weighted by Gasteiger charge is 2.22. The van der Waals surface area contributed by atoms with Gasteiger partial charge in [-0.2, -0.15) is 0 Å². The van der Waals surface area contributed by atoms with Gasteiger partial charge in [0.1, 0.15) is 0 Å². The van der Waals surface area contributed by atoms with Gasteiger partial charge in [-0.1, -0.05) is 32.0 Å². The zero-order valence-corrected chi connectivity index (χ0v) is 12.5. The Morgan fingerprint density at radius 2 is 2.15 bits per heavy atom. The minimum Gasteiger partial charge on any atom is -0.299 e. The van der Waals surface area contributed by atoms with Crippen molar-refractivity contribution in [3.63, 3.8) is 0 Å². The third-order valence-electron chi connectivity index (χ3n) is 4.61. The Kier molecular flexibility index (Phi) is 4.02. The number of likely N-dealkylation sites (tertiary alicyclic amines) is 1. The molecule has 3 rings (SSSR count). The van der Waals surface area contributed by atoms with Crippen LogP contribution >= 0.6 is 0 Å². The van der Waals surface area contributed by atoms with Crippen molar-refractivity contribution in [1.82, 2.24) is 9.88 Å². The van der Waals surface area contributed by atoms with Crippen molar-refractivity contribution in [1.29, 1.82) is 0 Å². The lowest BCUT2D eigenvalue weighted by atomic mass is 9.87. The molecule has 1 saturated heterocycles. The van der Waals surface area contributed by atoms with Crippen molar-refractivity contribution in [3.8, 4) is 0 Å². The Hall–Kier alpha value is -1.41. The van der Waals surface area contributed by atoms with Gasteiger partial charge in [-0.25, -0.2) is 0 Å². The minimum absolute atomic E-state index is 0.798. The maximum atomic E-state index is 4.46. The summed E-state index contributed by atoms with van der Waals surface area (Å²) in [5.74, 6) is 1.66. The largest absolute Gasteiger partial charge is 0.299 e. The molecule has 2 heterocycles. The van der Waals surface area contributed by atoms with Crippen LogP contribution in [0.25, 0.3) is 10.9 Å². The molecule has 1 aromatic carbocycles. The Morgan fingerprint density at radius 1 is 1.25 bits per heavy atom. The van der Waals surface area contributed by atoms with Crippen LogP contribution in [0.5, 0.6) is 0 Å². The van der Waals surface area contributed by atoms with E-state index in [0.717, 1.165) is 23.9 Å². The summed E-state index contributed by atoms with van der Waals surface area (Å²) in [6.45, 7) is 8.26. The van der Waals surface area contributed by atoms with E-state index in [1.54, 1.807) is 0 Å². The van der Waals surface area contributed by atoms with Crippen molar-refractivity contribution >= 4 is 10.9 Å². The molecule has 1 aromatic heterocycles. The lowest BCUT2D eigenvalue weighted by molar-refractivity contribution is 0.139. The molecule has 0 spiro atoms. The van der Waals surface area contributed by atoms with Crippen LogP contribution in [0, 0.1) is 11.8 Å². The van der Waals surface area contributed by atoms with Crippen LogP contribution in [0.4, 0.5) is 0 Å². The first kappa shape index (κ1) is 13.6. The first-order valence-corrected chi connectivity index (χ1v) is 7.79. The molecule has 2 aromatic rings. The SMILES string of the molecule is CC(C)[C@@H]1CCCN(Cc2cccc3ncccc23)C1. The average Bonchev–Trinajstić information content (AvgIpc) is 2.48. The lowest BCUT2D eigenvalue weighted by Gasteiger charge is -2.35. The molecule has 0 saturated carbocycles. The summed E-state index contributed by atoms with van der Waals surface area (Å²) in [5, 5.41) is 1.31. The summed E-state index contributed by atoms with van der Waals surface area (Å²) in [6.07, 6.45) is 4.61. The molecule has 106 valence electrons. The number of benzene rings is 1. The highest BCUT2D eigenvalue weighted by Crippen LogP contribution is 2.26.